The molecule has 0 saturated heterocycles. The summed E-state index contributed by atoms with van der Waals surface area (Å²) in [6.07, 6.45) is 4.89. The Morgan fingerprint density at radius 3 is 3.20 bits per heavy atom. The maximum Gasteiger partial charge on any atom is 0.119 e. The van der Waals surface area contributed by atoms with Gasteiger partial charge in [0.15, 0.2) is 0 Å². The molecule has 1 unspecified atom stereocenters. The fraction of sp³-hybridized carbons (Fsp3) is 0.385. The van der Waals surface area contributed by atoms with E-state index in [2.05, 4.69) is 18.7 Å². The highest BCUT2D eigenvalue weighted by Crippen LogP contribution is 2.31. The predicted molar refractivity (Wildman–Crippen MR) is 62.0 cm³/mol. The zero-order chi connectivity index (χ0) is 10.7. The quantitative estimate of drug-likeness (QED) is 0.603. The van der Waals surface area contributed by atoms with Gasteiger partial charge in [-0.25, -0.2) is 0 Å². The number of aryl methyl sites for hydroxylation is 1. The van der Waals surface area contributed by atoms with E-state index >= 15 is 0 Å². The lowest BCUT2D eigenvalue weighted by molar-refractivity contribution is 0.324. The molecule has 15 heavy (non-hydrogen) atoms. The van der Waals surface area contributed by atoms with Crippen LogP contribution in [-0.4, -0.2) is 6.61 Å². The van der Waals surface area contributed by atoms with Gasteiger partial charge in [-0.15, -0.1) is 6.58 Å². The van der Waals surface area contributed by atoms with Gasteiger partial charge >= 0.3 is 0 Å². The first-order valence-electron chi connectivity index (χ1n) is 5.43. The first-order valence-corrected chi connectivity index (χ1v) is 5.43. The van der Waals surface area contributed by atoms with Gasteiger partial charge in [0.05, 0.1) is 6.61 Å². The molecule has 1 aromatic rings. The second-order valence-electron chi connectivity index (χ2n) is 3.93. The first-order chi connectivity index (χ1) is 7.31. The third kappa shape index (κ3) is 2.21. The van der Waals surface area contributed by atoms with Gasteiger partial charge in [-0.1, -0.05) is 12.1 Å². The molecule has 2 nitrogen and oxygen atoms in total. The molecule has 0 saturated carbocycles. The van der Waals surface area contributed by atoms with E-state index in [4.69, 9.17) is 10.5 Å². The van der Waals surface area contributed by atoms with E-state index in [1.165, 1.54) is 11.1 Å². The van der Waals surface area contributed by atoms with E-state index in [0.29, 0.717) is 6.61 Å². The van der Waals surface area contributed by atoms with E-state index in [-0.39, 0.29) is 6.04 Å². The van der Waals surface area contributed by atoms with Crippen LogP contribution in [0.4, 0.5) is 0 Å². The van der Waals surface area contributed by atoms with Crippen LogP contribution in [0.3, 0.4) is 0 Å². The van der Waals surface area contributed by atoms with Crippen LogP contribution >= 0.6 is 0 Å². The summed E-state index contributed by atoms with van der Waals surface area (Å²) in [7, 11) is 0. The highest BCUT2D eigenvalue weighted by Gasteiger charge is 2.18. The van der Waals surface area contributed by atoms with Crippen molar-refractivity contribution in [1.29, 1.82) is 0 Å². The second kappa shape index (κ2) is 4.49. The van der Waals surface area contributed by atoms with E-state index in [9.17, 15) is 0 Å². The molecular weight excluding hydrogens is 186 g/mol. The Hall–Kier alpha value is -1.28. The average Bonchev–Trinajstić information content (AvgIpc) is 2.61. The normalized spacial score (nSPS) is 18.6. The van der Waals surface area contributed by atoms with Crippen LogP contribution in [0.25, 0.3) is 0 Å². The third-order valence-electron chi connectivity index (χ3n) is 2.83. The van der Waals surface area contributed by atoms with Crippen molar-refractivity contribution in [2.45, 2.75) is 25.3 Å². The number of hydrogen-bond donors (Lipinski definition) is 1. The standard InChI is InChI=1S/C13H17NO/c1-2-3-8-15-11-5-6-12-10(9-11)4-7-13(12)14/h2,5-6,9,13H,1,3-4,7-8,14H2. The maximum absolute atomic E-state index is 5.96. The SMILES string of the molecule is C=CCCOc1ccc2c(c1)CCC2N. The topological polar surface area (TPSA) is 35.2 Å². The molecule has 2 rings (SSSR count). The highest BCUT2D eigenvalue weighted by molar-refractivity contribution is 5.40. The smallest absolute Gasteiger partial charge is 0.119 e. The molecule has 0 aromatic heterocycles. The summed E-state index contributed by atoms with van der Waals surface area (Å²) >= 11 is 0. The molecule has 0 aliphatic heterocycles. The van der Waals surface area contributed by atoms with Crippen molar-refractivity contribution in [2.24, 2.45) is 5.73 Å². The molecular formula is C13H17NO. The molecule has 1 atom stereocenters. The van der Waals surface area contributed by atoms with Gasteiger partial charge in [-0.3, -0.25) is 0 Å². The number of ether oxygens (including phenoxy) is 1. The fourth-order valence-corrected chi connectivity index (χ4v) is 1.98. The van der Waals surface area contributed by atoms with Crippen LogP contribution in [0.2, 0.25) is 0 Å². The van der Waals surface area contributed by atoms with Crippen molar-refractivity contribution < 1.29 is 4.74 Å². The van der Waals surface area contributed by atoms with E-state index in [0.717, 1.165) is 25.0 Å². The van der Waals surface area contributed by atoms with Crippen molar-refractivity contribution in [2.75, 3.05) is 6.61 Å². The van der Waals surface area contributed by atoms with Gasteiger partial charge in [0.2, 0.25) is 0 Å². The number of benzene rings is 1. The van der Waals surface area contributed by atoms with Gasteiger partial charge in [0.1, 0.15) is 5.75 Å². The molecule has 1 aliphatic carbocycles. The molecule has 0 spiro atoms. The molecule has 0 heterocycles. The van der Waals surface area contributed by atoms with Crippen LogP contribution in [0.15, 0.2) is 30.9 Å². The highest BCUT2D eigenvalue weighted by atomic mass is 16.5. The molecule has 2 heteroatoms. The fourth-order valence-electron chi connectivity index (χ4n) is 1.98. The predicted octanol–water partition coefficient (Wildman–Crippen LogP) is 2.59. The largest absolute Gasteiger partial charge is 0.493 e. The summed E-state index contributed by atoms with van der Waals surface area (Å²) < 4.78 is 5.59. The van der Waals surface area contributed by atoms with Crippen molar-refractivity contribution in [3.8, 4) is 5.75 Å². The molecule has 0 amide bonds. The van der Waals surface area contributed by atoms with E-state index in [1.54, 1.807) is 0 Å². The number of fused-ring (bicyclic) bond motifs is 1. The Morgan fingerprint density at radius 2 is 2.40 bits per heavy atom. The minimum Gasteiger partial charge on any atom is -0.493 e. The molecule has 1 aliphatic rings. The number of hydrogen-bond acceptors (Lipinski definition) is 2. The molecule has 1 aromatic carbocycles. The Morgan fingerprint density at radius 1 is 1.53 bits per heavy atom. The van der Waals surface area contributed by atoms with E-state index < -0.39 is 0 Å². The summed E-state index contributed by atoms with van der Waals surface area (Å²) in [5.74, 6) is 0.949. The van der Waals surface area contributed by atoms with Gasteiger partial charge in [0.25, 0.3) is 0 Å². The minimum atomic E-state index is 0.224. The van der Waals surface area contributed by atoms with Gasteiger partial charge < -0.3 is 10.5 Å². The van der Waals surface area contributed by atoms with Crippen molar-refractivity contribution in [3.05, 3.63) is 42.0 Å². The lowest BCUT2D eigenvalue weighted by Gasteiger charge is -2.08. The van der Waals surface area contributed by atoms with Crippen LogP contribution in [0.5, 0.6) is 5.75 Å². The molecule has 2 N–H and O–H groups in total. The zero-order valence-electron chi connectivity index (χ0n) is 8.91. The third-order valence-corrected chi connectivity index (χ3v) is 2.83. The first kappa shape index (κ1) is 10.2. The summed E-state index contributed by atoms with van der Waals surface area (Å²) in [5.41, 5.74) is 8.59. The Bertz CT molecular complexity index is 360. The Balaban J connectivity index is 2.06. The summed E-state index contributed by atoms with van der Waals surface area (Å²) in [6.45, 7) is 4.37. The van der Waals surface area contributed by atoms with Gasteiger partial charge in [-0.05, 0) is 42.5 Å². The van der Waals surface area contributed by atoms with E-state index in [1.807, 2.05) is 12.1 Å². The van der Waals surface area contributed by atoms with Gasteiger partial charge in [-0.2, -0.15) is 0 Å². The van der Waals surface area contributed by atoms with Crippen LogP contribution in [0, 0.1) is 0 Å². The van der Waals surface area contributed by atoms with Crippen molar-refractivity contribution in [3.63, 3.8) is 0 Å². The summed E-state index contributed by atoms with van der Waals surface area (Å²) in [6, 6.07) is 6.44. The van der Waals surface area contributed by atoms with Crippen LogP contribution in [-0.2, 0) is 6.42 Å². The summed E-state index contributed by atoms with van der Waals surface area (Å²) in [5, 5.41) is 0. The number of nitrogens with two attached hydrogens (primary N) is 1. The summed E-state index contributed by atoms with van der Waals surface area (Å²) in [4.78, 5) is 0. The monoisotopic (exact) mass is 203 g/mol. The Kier molecular flexibility index (Phi) is 3.07. The molecule has 0 radical (unpaired) electrons. The zero-order valence-corrected chi connectivity index (χ0v) is 8.91. The van der Waals surface area contributed by atoms with Crippen LogP contribution in [0.1, 0.15) is 30.0 Å². The maximum atomic E-state index is 5.96. The minimum absolute atomic E-state index is 0.224. The van der Waals surface area contributed by atoms with Gasteiger partial charge in [0, 0.05) is 6.04 Å². The van der Waals surface area contributed by atoms with Crippen molar-refractivity contribution >= 4 is 0 Å². The van der Waals surface area contributed by atoms with Crippen molar-refractivity contribution in [1.82, 2.24) is 0 Å². The lowest BCUT2D eigenvalue weighted by Crippen LogP contribution is -2.05. The molecule has 0 fully saturated rings. The molecule has 0 bridgehead atoms. The second-order valence-corrected chi connectivity index (χ2v) is 3.93. The molecule has 80 valence electrons. The Labute approximate surface area is 90.7 Å². The number of rotatable bonds is 4. The average molecular weight is 203 g/mol. The lowest BCUT2D eigenvalue weighted by atomic mass is 10.1. The van der Waals surface area contributed by atoms with Crippen LogP contribution < -0.4 is 10.5 Å².